The maximum absolute atomic E-state index is 11.5. The van der Waals surface area contributed by atoms with E-state index in [9.17, 15) is 13.5 Å². The van der Waals surface area contributed by atoms with Crippen LogP contribution in [0.15, 0.2) is 16.6 Å². The Labute approximate surface area is 121 Å². The van der Waals surface area contributed by atoms with Gasteiger partial charge in [0.25, 0.3) is 0 Å². The summed E-state index contributed by atoms with van der Waals surface area (Å²) in [4.78, 5) is 0. The Morgan fingerprint density at radius 1 is 1.21 bits per heavy atom. The van der Waals surface area contributed by atoms with Crippen molar-refractivity contribution in [1.29, 1.82) is 0 Å². The lowest BCUT2D eigenvalue weighted by molar-refractivity contribution is 0.175. The summed E-state index contributed by atoms with van der Waals surface area (Å²) in [5.74, 6) is 0.929. The first kappa shape index (κ1) is 16.3. The third kappa shape index (κ3) is 3.61. The molecular formula is C12H17BrO5S. The maximum Gasteiger partial charge on any atom is 0.161 e. The minimum Gasteiger partial charge on any atom is -0.493 e. The van der Waals surface area contributed by atoms with E-state index in [1.165, 1.54) is 21.1 Å². The van der Waals surface area contributed by atoms with E-state index in [4.69, 9.17) is 9.47 Å². The smallest absolute Gasteiger partial charge is 0.161 e. The molecule has 0 aliphatic rings. The average molecular weight is 353 g/mol. The van der Waals surface area contributed by atoms with Crippen LogP contribution in [0.25, 0.3) is 0 Å². The Morgan fingerprint density at radius 2 is 1.68 bits per heavy atom. The highest BCUT2D eigenvalue weighted by Gasteiger charge is 2.28. The molecule has 0 fully saturated rings. The van der Waals surface area contributed by atoms with Gasteiger partial charge in [-0.05, 0) is 24.6 Å². The molecule has 0 bridgehead atoms. The van der Waals surface area contributed by atoms with Crippen LogP contribution in [-0.2, 0) is 9.84 Å². The predicted octanol–water partition coefficient (Wildman–Crippen LogP) is 1.93. The minimum absolute atomic E-state index is 0.431. The largest absolute Gasteiger partial charge is 0.493 e. The van der Waals surface area contributed by atoms with Crippen molar-refractivity contribution in [2.75, 3.05) is 20.5 Å². The first-order valence-electron chi connectivity index (χ1n) is 5.50. The van der Waals surface area contributed by atoms with Crippen molar-refractivity contribution in [2.24, 2.45) is 0 Å². The van der Waals surface area contributed by atoms with E-state index in [0.717, 1.165) is 6.26 Å². The van der Waals surface area contributed by atoms with Crippen molar-refractivity contribution in [3.8, 4) is 11.5 Å². The van der Waals surface area contributed by atoms with Crippen molar-refractivity contribution < 1.29 is 23.0 Å². The fraction of sp³-hybridized carbons (Fsp3) is 0.500. The molecule has 19 heavy (non-hydrogen) atoms. The molecular weight excluding hydrogens is 336 g/mol. The van der Waals surface area contributed by atoms with Gasteiger partial charge < -0.3 is 14.6 Å². The summed E-state index contributed by atoms with van der Waals surface area (Å²) in [6.07, 6.45) is -0.0561. The zero-order valence-corrected chi connectivity index (χ0v) is 13.6. The number of hydrogen-bond acceptors (Lipinski definition) is 5. The lowest BCUT2D eigenvalue weighted by atomic mass is 10.1. The molecule has 2 atom stereocenters. The fourth-order valence-corrected chi connectivity index (χ4v) is 2.76. The van der Waals surface area contributed by atoms with Crippen LogP contribution in [0.5, 0.6) is 11.5 Å². The lowest BCUT2D eigenvalue weighted by Gasteiger charge is -2.20. The number of halogens is 1. The highest BCUT2D eigenvalue weighted by molar-refractivity contribution is 9.10. The van der Waals surface area contributed by atoms with E-state index in [1.54, 1.807) is 12.1 Å². The summed E-state index contributed by atoms with van der Waals surface area (Å²) in [5.41, 5.74) is 0.440. The molecule has 1 aromatic carbocycles. The van der Waals surface area contributed by atoms with Crippen LogP contribution in [0, 0.1) is 0 Å². The SMILES string of the molecule is COc1cc(Br)c(C(O)C(C)S(C)(=O)=O)cc1OC. The summed E-state index contributed by atoms with van der Waals surface area (Å²) in [6.45, 7) is 1.46. The Morgan fingerprint density at radius 3 is 2.11 bits per heavy atom. The Kier molecular flexibility index (Phi) is 5.23. The van der Waals surface area contributed by atoms with Gasteiger partial charge in [-0.2, -0.15) is 0 Å². The van der Waals surface area contributed by atoms with Gasteiger partial charge in [0.1, 0.15) is 0 Å². The van der Waals surface area contributed by atoms with E-state index in [2.05, 4.69) is 15.9 Å². The molecule has 0 aromatic heterocycles. The summed E-state index contributed by atoms with van der Waals surface area (Å²) in [6, 6.07) is 3.20. The third-order valence-electron chi connectivity index (χ3n) is 2.94. The summed E-state index contributed by atoms with van der Waals surface area (Å²) in [7, 11) is -0.371. The van der Waals surface area contributed by atoms with Gasteiger partial charge in [-0.1, -0.05) is 15.9 Å². The summed E-state index contributed by atoms with van der Waals surface area (Å²) >= 11 is 3.30. The molecule has 0 aliphatic heterocycles. The second-order valence-corrected chi connectivity index (χ2v) is 7.47. The van der Waals surface area contributed by atoms with Crippen LogP contribution in [0.4, 0.5) is 0 Å². The van der Waals surface area contributed by atoms with Gasteiger partial charge in [0.15, 0.2) is 21.3 Å². The molecule has 0 amide bonds. The number of ether oxygens (including phenoxy) is 2. The maximum atomic E-state index is 11.5. The van der Waals surface area contributed by atoms with Crippen LogP contribution in [0.1, 0.15) is 18.6 Å². The number of aliphatic hydroxyl groups is 1. The van der Waals surface area contributed by atoms with E-state index in [1.807, 2.05) is 0 Å². The molecule has 108 valence electrons. The first-order chi connectivity index (χ1) is 8.72. The lowest BCUT2D eigenvalue weighted by Crippen LogP contribution is -2.24. The topological polar surface area (TPSA) is 72.8 Å². The van der Waals surface area contributed by atoms with Crippen LogP contribution in [0.3, 0.4) is 0 Å². The second-order valence-electron chi connectivity index (χ2n) is 4.21. The van der Waals surface area contributed by atoms with Crippen LogP contribution < -0.4 is 9.47 Å². The van der Waals surface area contributed by atoms with Gasteiger partial charge in [0, 0.05) is 10.7 Å². The number of benzene rings is 1. The normalized spacial score (nSPS) is 14.8. The van der Waals surface area contributed by atoms with Crippen molar-refractivity contribution in [3.63, 3.8) is 0 Å². The zero-order valence-electron chi connectivity index (χ0n) is 11.2. The van der Waals surface area contributed by atoms with Crippen molar-refractivity contribution >= 4 is 25.8 Å². The van der Waals surface area contributed by atoms with E-state index in [-0.39, 0.29) is 0 Å². The van der Waals surface area contributed by atoms with Gasteiger partial charge in [-0.25, -0.2) is 8.42 Å². The Balaban J connectivity index is 3.28. The van der Waals surface area contributed by atoms with Crippen LogP contribution in [0.2, 0.25) is 0 Å². The summed E-state index contributed by atoms with van der Waals surface area (Å²) < 4.78 is 33.8. The van der Waals surface area contributed by atoms with E-state index >= 15 is 0 Å². The van der Waals surface area contributed by atoms with Crippen molar-refractivity contribution in [1.82, 2.24) is 0 Å². The van der Waals surface area contributed by atoms with E-state index in [0.29, 0.717) is 21.5 Å². The highest BCUT2D eigenvalue weighted by atomic mass is 79.9. The van der Waals surface area contributed by atoms with Crippen LogP contribution in [-0.4, -0.2) is 39.2 Å². The predicted molar refractivity (Wildman–Crippen MR) is 76.5 cm³/mol. The highest BCUT2D eigenvalue weighted by Crippen LogP contribution is 2.37. The van der Waals surface area contributed by atoms with Crippen molar-refractivity contribution in [3.05, 3.63) is 22.2 Å². The zero-order chi connectivity index (χ0) is 14.8. The molecule has 1 N–H and O–H groups in total. The number of sulfone groups is 1. The standard InChI is InChI=1S/C12H17BrO5S/c1-7(19(4,15)16)12(14)8-5-10(17-2)11(18-3)6-9(8)13/h5-7,12,14H,1-4H3. The van der Waals surface area contributed by atoms with E-state index < -0.39 is 21.2 Å². The van der Waals surface area contributed by atoms with Gasteiger partial charge in [-0.3, -0.25) is 0 Å². The molecule has 1 rings (SSSR count). The van der Waals surface area contributed by atoms with Gasteiger partial charge >= 0.3 is 0 Å². The second kappa shape index (κ2) is 6.11. The molecule has 0 spiro atoms. The quantitative estimate of drug-likeness (QED) is 0.876. The van der Waals surface area contributed by atoms with Gasteiger partial charge in [0.2, 0.25) is 0 Å². The number of methoxy groups -OCH3 is 2. The third-order valence-corrected chi connectivity index (χ3v) is 5.24. The van der Waals surface area contributed by atoms with Crippen molar-refractivity contribution in [2.45, 2.75) is 18.3 Å². The molecule has 0 heterocycles. The molecule has 1 aromatic rings. The molecule has 0 aliphatic carbocycles. The number of hydrogen-bond donors (Lipinski definition) is 1. The molecule has 0 saturated carbocycles. The Bertz CT molecular complexity index is 555. The molecule has 0 radical (unpaired) electrons. The fourth-order valence-electron chi connectivity index (χ4n) is 1.58. The molecule has 2 unspecified atom stereocenters. The van der Waals surface area contributed by atoms with Gasteiger partial charge in [-0.15, -0.1) is 0 Å². The average Bonchev–Trinajstić information content (AvgIpc) is 2.35. The molecule has 5 nitrogen and oxygen atoms in total. The van der Waals surface area contributed by atoms with Crippen LogP contribution >= 0.6 is 15.9 Å². The monoisotopic (exact) mass is 352 g/mol. The molecule has 7 heteroatoms. The Hall–Kier alpha value is -0.790. The molecule has 0 saturated heterocycles. The number of aliphatic hydroxyl groups excluding tert-OH is 1. The summed E-state index contributed by atoms with van der Waals surface area (Å²) in [5, 5.41) is 9.27. The number of rotatable bonds is 5. The first-order valence-corrected chi connectivity index (χ1v) is 8.25. The van der Waals surface area contributed by atoms with Gasteiger partial charge in [0.05, 0.1) is 25.6 Å². The minimum atomic E-state index is -3.35.